The lowest BCUT2D eigenvalue weighted by Gasteiger charge is -2.23. The Bertz CT molecular complexity index is 500. The second-order valence-corrected chi connectivity index (χ2v) is 4.71. The summed E-state index contributed by atoms with van der Waals surface area (Å²) < 4.78 is 18.4. The van der Waals surface area contributed by atoms with E-state index in [2.05, 4.69) is 4.74 Å². The van der Waals surface area contributed by atoms with Crippen molar-refractivity contribution in [2.24, 2.45) is 0 Å². The minimum Gasteiger partial charge on any atom is -0.467 e. The number of rotatable bonds is 3. The minimum atomic E-state index is -0.659. The molecule has 6 heteroatoms. The Morgan fingerprint density at radius 2 is 2.32 bits per heavy atom. The SMILES string of the molecule is COC(=O)C1CCC(=O)N1Cc1c(F)cccc1Cl. The van der Waals surface area contributed by atoms with Crippen LogP contribution < -0.4 is 0 Å². The molecule has 0 aliphatic carbocycles. The number of esters is 1. The number of ether oxygens (including phenoxy) is 1. The van der Waals surface area contributed by atoms with Gasteiger partial charge in [-0.05, 0) is 18.6 Å². The number of amides is 1. The lowest BCUT2D eigenvalue weighted by atomic mass is 10.1. The largest absolute Gasteiger partial charge is 0.467 e. The van der Waals surface area contributed by atoms with Gasteiger partial charge in [-0.2, -0.15) is 0 Å². The molecule has 1 aliphatic heterocycles. The maximum atomic E-state index is 13.7. The van der Waals surface area contributed by atoms with E-state index < -0.39 is 17.8 Å². The van der Waals surface area contributed by atoms with E-state index in [-0.39, 0.29) is 29.5 Å². The molecule has 1 unspecified atom stereocenters. The number of methoxy groups -OCH3 is 1. The third-order valence-corrected chi connectivity index (χ3v) is 3.55. The number of nitrogens with zero attached hydrogens (tertiary/aromatic N) is 1. The standard InChI is InChI=1S/C13H13ClFNO3/c1-19-13(18)11-5-6-12(17)16(11)7-8-9(14)3-2-4-10(8)15/h2-4,11H,5-7H2,1H3. The smallest absolute Gasteiger partial charge is 0.328 e. The van der Waals surface area contributed by atoms with Crippen LogP contribution in [0.4, 0.5) is 4.39 Å². The molecule has 1 atom stereocenters. The third-order valence-electron chi connectivity index (χ3n) is 3.19. The van der Waals surface area contributed by atoms with Gasteiger partial charge in [0.2, 0.25) is 5.91 Å². The molecule has 4 nitrogen and oxygen atoms in total. The van der Waals surface area contributed by atoms with Crippen LogP contribution >= 0.6 is 11.6 Å². The van der Waals surface area contributed by atoms with Gasteiger partial charge < -0.3 is 9.64 Å². The number of likely N-dealkylation sites (tertiary alicyclic amines) is 1. The van der Waals surface area contributed by atoms with Gasteiger partial charge in [-0.1, -0.05) is 17.7 Å². The maximum absolute atomic E-state index is 13.7. The summed E-state index contributed by atoms with van der Waals surface area (Å²) in [5.74, 6) is -1.18. The van der Waals surface area contributed by atoms with Gasteiger partial charge in [0.1, 0.15) is 11.9 Å². The van der Waals surface area contributed by atoms with E-state index in [0.29, 0.717) is 6.42 Å². The Labute approximate surface area is 115 Å². The van der Waals surface area contributed by atoms with Crippen LogP contribution in [0.5, 0.6) is 0 Å². The molecule has 1 fully saturated rings. The first kappa shape index (κ1) is 13.8. The predicted octanol–water partition coefficient (Wildman–Crippen LogP) is 2.14. The fraction of sp³-hybridized carbons (Fsp3) is 0.385. The van der Waals surface area contributed by atoms with Gasteiger partial charge in [-0.25, -0.2) is 9.18 Å². The first-order valence-electron chi connectivity index (χ1n) is 5.84. The van der Waals surface area contributed by atoms with Crippen molar-refractivity contribution in [3.8, 4) is 0 Å². The summed E-state index contributed by atoms with van der Waals surface area (Å²) in [5, 5.41) is 0.239. The first-order valence-corrected chi connectivity index (χ1v) is 6.22. The highest BCUT2D eigenvalue weighted by Gasteiger charge is 2.37. The van der Waals surface area contributed by atoms with E-state index in [1.807, 2.05) is 0 Å². The van der Waals surface area contributed by atoms with E-state index in [1.54, 1.807) is 6.07 Å². The molecule has 1 aliphatic rings. The number of hydrogen-bond donors (Lipinski definition) is 0. The Balaban J connectivity index is 2.25. The lowest BCUT2D eigenvalue weighted by Crippen LogP contribution is -2.39. The van der Waals surface area contributed by atoms with Crippen LogP contribution in [0.15, 0.2) is 18.2 Å². The highest BCUT2D eigenvalue weighted by atomic mass is 35.5. The molecule has 1 aromatic rings. The van der Waals surface area contributed by atoms with Gasteiger partial charge in [0.25, 0.3) is 0 Å². The zero-order chi connectivity index (χ0) is 14.0. The number of carbonyl (C=O) groups is 2. The van der Waals surface area contributed by atoms with E-state index in [9.17, 15) is 14.0 Å². The van der Waals surface area contributed by atoms with Crippen molar-refractivity contribution in [2.45, 2.75) is 25.4 Å². The van der Waals surface area contributed by atoms with Crippen molar-refractivity contribution in [3.63, 3.8) is 0 Å². The molecule has 0 spiro atoms. The summed E-state index contributed by atoms with van der Waals surface area (Å²) in [7, 11) is 1.26. The molecule has 0 aromatic heterocycles. The average molecular weight is 286 g/mol. The van der Waals surface area contributed by atoms with Crippen LogP contribution in [0.3, 0.4) is 0 Å². The summed E-state index contributed by atoms with van der Waals surface area (Å²) in [6.45, 7) is -0.0237. The highest BCUT2D eigenvalue weighted by Crippen LogP contribution is 2.26. The Morgan fingerprint density at radius 3 is 2.95 bits per heavy atom. The van der Waals surface area contributed by atoms with Gasteiger partial charge in [-0.15, -0.1) is 0 Å². The maximum Gasteiger partial charge on any atom is 0.328 e. The van der Waals surface area contributed by atoms with E-state index in [4.69, 9.17) is 11.6 Å². The van der Waals surface area contributed by atoms with Crippen molar-refractivity contribution in [2.75, 3.05) is 7.11 Å². The minimum absolute atomic E-state index is 0.0237. The van der Waals surface area contributed by atoms with E-state index in [1.165, 1.54) is 24.1 Å². The Morgan fingerprint density at radius 1 is 1.58 bits per heavy atom. The van der Waals surface area contributed by atoms with Crippen molar-refractivity contribution in [1.82, 2.24) is 4.90 Å². The van der Waals surface area contributed by atoms with Crippen LogP contribution in [0.25, 0.3) is 0 Å². The fourth-order valence-electron chi connectivity index (χ4n) is 2.17. The number of hydrogen-bond acceptors (Lipinski definition) is 3. The zero-order valence-corrected chi connectivity index (χ0v) is 11.1. The van der Waals surface area contributed by atoms with E-state index >= 15 is 0 Å². The van der Waals surface area contributed by atoms with Crippen molar-refractivity contribution in [3.05, 3.63) is 34.6 Å². The number of halogens is 2. The molecule has 1 aromatic carbocycles. The van der Waals surface area contributed by atoms with Gasteiger partial charge in [0, 0.05) is 17.0 Å². The molecule has 2 rings (SSSR count). The summed E-state index contributed by atoms with van der Waals surface area (Å²) in [4.78, 5) is 24.7. The lowest BCUT2D eigenvalue weighted by molar-refractivity contribution is -0.149. The van der Waals surface area contributed by atoms with Crippen LogP contribution in [-0.2, 0) is 20.9 Å². The molecular formula is C13H13ClFNO3. The van der Waals surface area contributed by atoms with Crippen molar-refractivity contribution < 1.29 is 18.7 Å². The molecule has 0 radical (unpaired) electrons. The van der Waals surface area contributed by atoms with E-state index in [0.717, 1.165) is 0 Å². The molecule has 0 N–H and O–H groups in total. The predicted molar refractivity (Wildman–Crippen MR) is 67.0 cm³/mol. The van der Waals surface area contributed by atoms with Crippen LogP contribution in [-0.4, -0.2) is 29.9 Å². The van der Waals surface area contributed by atoms with Gasteiger partial charge in [-0.3, -0.25) is 4.79 Å². The normalized spacial score (nSPS) is 18.8. The summed E-state index contributed by atoms with van der Waals surface area (Å²) >= 11 is 5.92. The van der Waals surface area contributed by atoms with Crippen molar-refractivity contribution in [1.29, 1.82) is 0 Å². The monoisotopic (exact) mass is 285 g/mol. The molecule has 0 saturated carbocycles. The number of benzene rings is 1. The van der Waals surface area contributed by atoms with Gasteiger partial charge in [0.05, 0.1) is 13.7 Å². The second-order valence-electron chi connectivity index (χ2n) is 4.30. The third kappa shape index (κ3) is 2.71. The van der Waals surface area contributed by atoms with Gasteiger partial charge >= 0.3 is 5.97 Å². The molecular weight excluding hydrogens is 273 g/mol. The van der Waals surface area contributed by atoms with Gasteiger partial charge in [0.15, 0.2) is 0 Å². The molecule has 0 bridgehead atoms. The summed E-state index contributed by atoms with van der Waals surface area (Å²) in [6, 6.07) is 3.65. The average Bonchev–Trinajstić information content (AvgIpc) is 2.74. The van der Waals surface area contributed by atoms with Crippen LogP contribution in [0, 0.1) is 5.82 Å². The highest BCUT2D eigenvalue weighted by molar-refractivity contribution is 6.31. The fourth-order valence-corrected chi connectivity index (χ4v) is 2.39. The first-order chi connectivity index (χ1) is 9.04. The topological polar surface area (TPSA) is 46.6 Å². The molecule has 1 saturated heterocycles. The molecule has 1 amide bonds. The van der Waals surface area contributed by atoms with Crippen molar-refractivity contribution >= 4 is 23.5 Å². The Kier molecular flexibility index (Phi) is 4.04. The molecule has 102 valence electrons. The second kappa shape index (κ2) is 5.57. The molecule has 19 heavy (non-hydrogen) atoms. The summed E-state index contributed by atoms with van der Waals surface area (Å²) in [5.41, 5.74) is 0.216. The number of carbonyl (C=O) groups excluding carboxylic acids is 2. The zero-order valence-electron chi connectivity index (χ0n) is 10.4. The Hall–Kier alpha value is -1.62. The quantitative estimate of drug-likeness (QED) is 0.800. The van der Waals surface area contributed by atoms with Crippen LogP contribution in [0.2, 0.25) is 5.02 Å². The molecule has 1 heterocycles. The summed E-state index contributed by atoms with van der Waals surface area (Å²) in [6.07, 6.45) is 0.642. The van der Waals surface area contributed by atoms with Crippen LogP contribution in [0.1, 0.15) is 18.4 Å².